The Balaban J connectivity index is 0.00000133. The van der Waals surface area contributed by atoms with Gasteiger partial charge in [0.1, 0.15) is 0 Å². The summed E-state index contributed by atoms with van der Waals surface area (Å²) in [7, 11) is 0. The Morgan fingerprint density at radius 2 is 1.89 bits per heavy atom. The lowest BCUT2D eigenvalue weighted by atomic mass is 9.87. The fourth-order valence-corrected chi connectivity index (χ4v) is 2.75. The summed E-state index contributed by atoms with van der Waals surface area (Å²) in [5.74, 6) is 0.620. The molecule has 3 N–H and O–H groups in total. The second-order valence-corrected chi connectivity index (χ2v) is 6.05. The van der Waals surface area contributed by atoms with E-state index in [9.17, 15) is 0 Å². The largest absolute Gasteiger partial charge is 0.370 e. The number of benzene rings is 1. The third-order valence-corrected chi connectivity index (χ3v) is 3.91. The zero-order valence-electron chi connectivity index (χ0n) is 11.4. The molecular formula is C15H22IN3. The monoisotopic (exact) mass is 371 g/mol. The van der Waals surface area contributed by atoms with Gasteiger partial charge in [0.15, 0.2) is 5.96 Å². The van der Waals surface area contributed by atoms with Crippen molar-refractivity contribution in [3.05, 3.63) is 35.4 Å². The lowest BCUT2D eigenvalue weighted by Gasteiger charge is -2.21. The first-order chi connectivity index (χ1) is 8.65. The number of rotatable bonds is 3. The Morgan fingerprint density at radius 3 is 2.42 bits per heavy atom. The van der Waals surface area contributed by atoms with Crippen LogP contribution in [0.25, 0.3) is 0 Å². The lowest BCUT2D eigenvalue weighted by Crippen LogP contribution is -2.35. The van der Waals surface area contributed by atoms with Crippen molar-refractivity contribution in [3.63, 3.8) is 0 Å². The van der Waals surface area contributed by atoms with Crippen LogP contribution in [0.1, 0.15) is 30.9 Å². The van der Waals surface area contributed by atoms with E-state index in [1.165, 1.54) is 24.0 Å². The molecule has 1 aromatic carbocycles. The van der Waals surface area contributed by atoms with Crippen LogP contribution in [0.5, 0.6) is 0 Å². The maximum absolute atomic E-state index is 5.90. The van der Waals surface area contributed by atoms with Gasteiger partial charge in [-0.2, -0.15) is 0 Å². The minimum atomic E-state index is 0. The molecule has 104 valence electrons. The molecule has 0 spiro atoms. The highest BCUT2D eigenvalue weighted by atomic mass is 127. The van der Waals surface area contributed by atoms with E-state index in [-0.39, 0.29) is 29.4 Å². The zero-order valence-corrected chi connectivity index (χ0v) is 13.7. The zero-order chi connectivity index (χ0) is 12.6. The van der Waals surface area contributed by atoms with Gasteiger partial charge < -0.3 is 11.1 Å². The Hall–Kier alpha value is -0.780. The summed E-state index contributed by atoms with van der Waals surface area (Å²) >= 11 is 0. The van der Waals surface area contributed by atoms with Crippen molar-refractivity contribution >= 4 is 29.9 Å². The van der Waals surface area contributed by atoms with E-state index < -0.39 is 0 Å². The first-order valence-corrected chi connectivity index (χ1v) is 6.78. The van der Waals surface area contributed by atoms with Gasteiger partial charge in [-0.3, -0.25) is 4.99 Å². The van der Waals surface area contributed by atoms with Crippen LogP contribution >= 0.6 is 24.0 Å². The third kappa shape index (κ3) is 3.61. The maximum atomic E-state index is 5.90. The third-order valence-electron chi connectivity index (χ3n) is 3.91. The van der Waals surface area contributed by atoms with Gasteiger partial charge in [-0.15, -0.1) is 24.0 Å². The summed E-state index contributed by atoms with van der Waals surface area (Å²) < 4.78 is 0. The highest BCUT2D eigenvalue weighted by molar-refractivity contribution is 14.0. The first-order valence-electron chi connectivity index (χ1n) is 6.78. The molecule has 3 rings (SSSR count). The summed E-state index contributed by atoms with van der Waals surface area (Å²) in [5, 5.41) is 3.24. The standard InChI is InChI=1S/C15H21N3.HI/c1-15(10-17-14(16)18-13-6-7-13)8-11-4-2-3-5-12(11)9-15;/h2-5,13H,6-10H2,1H3,(H3,16,17,18);1H. The number of aliphatic imine (C=N–C) groups is 1. The van der Waals surface area contributed by atoms with E-state index >= 15 is 0 Å². The summed E-state index contributed by atoms with van der Waals surface area (Å²) in [6, 6.07) is 9.29. The molecule has 0 heterocycles. The van der Waals surface area contributed by atoms with Crippen molar-refractivity contribution in [2.45, 2.75) is 38.6 Å². The van der Waals surface area contributed by atoms with Gasteiger partial charge in [-0.1, -0.05) is 31.2 Å². The first kappa shape index (κ1) is 14.6. The van der Waals surface area contributed by atoms with E-state index in [0.29, 0.717) is 12.0 Å². The van der Waals surface area contributed by atoms with Crippen LogP contribution in [0, 0.1) is 5.41 Å². The second-order valence-electron chi connectivity index (χ2n) is 6.05. The molecule has 1 aromatic rings. The fourth-order valence-electron chi connectivity index (χ4n) is 2.75. The molecule has 1 fully saturated rings. The van der Waals surface area contributed by atoms with Gasteiger partial charge >= 0.3 is 0 Å². The van der Waals surface area contributed by atoms with Crippen molar-refractivity contribution in [2.75, 3.05) is 6.54 Å². The molecule has 4 heteroatoms. The van der Waals surface area contributed by atoms with Gasteiger partial charge in [-0.25, -0.2) is 0 Å². The van der Waals surface area contributed by atoms with Gasteiger partial charge in [0.05, 0.1) is 0 Å². The predicted molar refractivity (Wildman–Crippen MR) is 90.0 cm³/mol. The quantitative estimate of drug-likeness (QED) is 0.487. The number of halogens is 1. The minimum absolute atomic E-state index is 0. The maximum Gasteiger partial charge on any atom is 0.188 e. The van der Waals surface area contributed by atoms with Crippen LogP contribution in [0.15, 0.2) is 29.3 Å². The highest BCUT2D eigenvalue weighted by Gasteiger charge is 2.32. The highest BCUT2D eigenvalue weighted by Crippen LogP contribution is 2.36. The number of fused-ring (bicyclic) bond motifs is 1. The molecular weight excluding hydrogens is 349 g/mol. The SMILES string of the molecule is CC1(CN=C(N)NC2CC2)Cc2ccccc2C1.I. The van der Waals surface area contributed by atoms with Crippen molar-refractivity contribution in [1.29, 1.82) is 0 Å². The van der Waals surface area contributed by atoms with E-state index in [2.05, 4.69) is 41.5 Å². The van der Waals surface area contributed by atoms with E-state index in [1.807, 2.05) is 0 Å². The van der Waals surface area contributed by atoms with Gasteiger partial charge in [0, 0.05) is 12.6 Å². The molecule has 3 nitrogen and oxygen atoms in total. The molecule has 19 heavy (non-hydrogen) atoms. The Morgan fingerprint density at radius 1 is 1.32 bits per heavy atom. The second kappa shape index (κ2) is 5.69. The molecule has 0 radical (unpaired) electrons. The summed E-state index contributed by atoms with van der Waals surface area (Å²) in [5.41, 5.74) is 9.08. The Bertz CT molecular complexity index is 455. The van der Waals surface area contributed by atoms with E-state index in [0.717, 1.165) is 19.4 Å². The van der Waals surface area contributed by atoms with Crippen LogP contribution < -0.4 is 11.1 Å². The van der Waals surface area contributed by atoms with Crippen molar-refractivity contribution < 1.29 is 0 Å². The number of guanidine groups is 1. The topological polar surface area (TPSA) is 50.4 Å². The average molecular weight is 371 g/mol. The minimum Gasteiger partial charge on any atom is -0.370 e. The predicted octanol–water partition coefficient (Wildman–Crippen LogP) is 2.48. The fraction of sp³-hybridized carbons (Fsp3) is 0.533. The molecule has 0 unspecified atom stereocenters. The number of nitrogens with zero attached hydrogens (tertiary/aromatic N) is 1. The van der Waals surface area contributed by atoms with Crippen LogP contribution in [0.2, 0.25) is 0 Å². The van der Waals surface area contributed by atoms with Crippen molar-refractivity contribution in [3.8, 4) is 0 Å². The molecule has 0 aliphatic heterocycles. The van der Waals surface area contributed by atoms with Crippen LogP contribution in [0.4, 0.5) is 0 Å². The Labute approximate surface area is 132 Å². The van der Waals surface area contributed by atoms with Crippen molar-refractivity contribution in [1.82, 2.24) is 5.32 Å². The van der Waals surface area contributed by atoms with E-state index in [4.69, 9.17) is 5.73 Å². The number of hydrogen-bond acceptors (Lipinski definition) is 1. The van der Waals surface area contributed by atoms with E-state index in [1.54, 1.807) is 0 Å². The van der Waals surface area contributed by atoms with Crippen LogP contribution in [-0.2, 0) is 12.8 Å². The summed E-state index contributed by atoms with van der Waals surface area (Å²) in [4.78, 5) is 4.52. The average Bonchev–Trinajstić information content (AvgIpc) is 3.07. The molecule has 0 amide bonds. The molecule has 0 saturated heterocycles. The Kier molecular flexibility index (Phi) is 4.38. The van der Waals surface area contributed by atoms with Crippen LogP contribution in [0.3, 0.4) is 0 Å². The van der Waals surface area contributed by atoms with Crippen LogP contribution in [-0.4, -0.2) is 18.5 Å². The summed E-state index contributed by atoms with van der Waals surface area (Å²) in [6.45, 7) is 3.12. The molecule has 0 aromatic heterocycles. The molecule has 1 saturated carbocycles. The molecule has 0 bridgehead atoms. The van der Waals surface area contributed by atoms with Crippen molar-refractivity contribution in [2.24, 2.45) is 16.1 Å². The lowest BCUT2D eigenvalue weighted by molar-refractivity contribution is 0.360. The van der Waals surface area contributed by atoms with Gasteiger partial charge in [0.2, 0.25) is 0 Å². The van der Waals surface area contributed by atoms with Gasteiger partial charge in [0.25, 0.3) is 0 Å². The normalized spacial score (nSPS) is 20.6. The van der Waals surface area contributed by atoms with Gasteiger partial charge in [-0.05, 0) is 42.2 Å². The number of hydrogen-bond donors (Lipinski definition) is 2. The molecule has 2 aliphatic carbocycles. The number of nitrogens with one attached hydrogen (secondary N) is 1. The molecule has 2 aliphatic rings. The summed E-state index contributed by atoms with van der Waals surface area (Å²) in [6.07, 6.45) is 4.70. The molecule has 0 atom stereocenters. The number of nitrogens with two attached hydrogens (primary N) is 1. The smallest absolute Gasteiger partial charge is 0.188 e.